The highest BCUT2D eigenvalue weighted by molar-refractivity contribution is 5.70. The van der Waals surface area contributed by atoms with Crippen molar-refractivity contribution in [3.05, 3.63) is 78.6 Å². The van der Waals surface area contributed by atoms with Gasteiger partial charge in [-0.1, -0.05) is 24.3 Å². The molecule has 2 heterocycles. The van der Waals surface area contributed by atoms with E-state index in [4.69, 9.17) is 0 Å². The quantitative estimate of drug-likeness (QED) is 0.619. The van der Waals surface area contributed by atoms with Crippen LogP contribution in [0.2, 0.25) is 0 Å². The predicted octanol–water partition coefficient (Wildman–Crippen LogP) is 3.40. The first-order chi connectivity index (χ1) is 12.2. The monoisotopic (exact) mass is 333 g/mol. The van der Waals surface area contributed by atoms with Crippen LogP contribution < -0.4 is 9.47 Å². The first kappa shape index (κ1) is 17.0. The molecule has 0 amide bonds. The average Bonchev–Trinajstić information content (AvgIpc) is 3.15. The lowest BCUT2D eigenvalue weighted by Gasteiger charge is -2.19. The van der Waals surface area contributed by atoms with Gasteiger partial charge in [-0.25, -0.2) is 9.55 Å². The molecule has 2 aromatic heterocycles. The number of benzene rings is 1. The first-order valence-electron chi connectivity index (χ1n) is 8.61. The van der Waals surface area contributed by atoms with Gasteiger partial charge in [0.2, 0.25) is 0 Å². The van der Waals surface area contributed by atoms with Gasteiger partial charge in [-0.3, -0.25) is 0 Å². The van der Waals surface area contributed by atoms with Gasteiger partial charge in [0.25, 0.3) is 0 Å². The molecule has 25 heavy (non-hydrogen) atoms. The average molecular weight is 333 g/mol. The largest absolute Gasteiger partial charge is 0.375 e. The Balaban J connectivity index is 1.53. The third kappa shape index (κ3) is 5.05. The van der Waals surface area contributed by atoms with Gasteiger partial charge in [0.1, 0.15) is 7.05 Å². The molecule has 0 atom stereocenters. The van der Waals surface area contributed by atoms with Crippen LogP contribution in [-0.4, -0.2) is 23.1 Å². The summed E-state index contributed by atoms with van der Waals surface area (Å²) in [6.45, 7) is 2.02. The summed E-state index contributed by atoms with van der Waals surface area (Å²) in [6.07, 6.45) is 15.2. The van der Waals surface area contributed by atoms with Crippen molar-refractivity contribution in [3.8, 4) is 0 Å². The number of anilines is 1. The molecule has 4 nitrogen and oxygen atoms in total. The van der Waals surface area contributed by atoms with E-state index in [9.17, 15) is 0 Å². The van der Waals surface area contributed by atoms with Gasteiger partial charge < -0.3 is 9.47 Å². The van der Waals surface area contributed by atoms with Crippen LogP contribution in [0.5, 0.6) is 0 Å². The fourth-order valence-corrected chi connectivity index (χ4v) is 2.69. The summed E-state index contributed by atoms with van der Waals surface area (Å²) < 4.78 is 4.15. The number of imidazole rings is 1. The minimum Gasteiger partial charge on any atom is -0.375 e. The number of aromatic nitrogens is 3. The second-order valence-electron chi connectivity index (χ2n) is 6.30. The summed E-state index contributed by atoms with van der Waals surface area (Å²) in [5, 5.41) is 0. The molecule has 128 valence electrons. The Hall–Kier alpha value is -2.88. The molecule has 0 radical (unpaired) electrons. The Labute approximate surface area is 149 Å². The molecule has 4 heteroatoms. The van der Waals surface area contributed by atoms with Crippen molar-refractivity contribution in [2.75, 3.05) is 18.5 Å². The number of pyridine rings is 1. The number of aryl methyl sites for hydroxylation is 2. The number of hydrogen-bond donors (Lipinski definition) is 0. The Kier molecular flexibility index (Phi) is 5.62. The molecule has 0 bridgehead atoms. The van der Waals surface area contributed by atoms with Crippen LogP contribution >= 0.6 is 0 Å². The van der Waals surface area contributed by atoms with Crippen LogP contribution in [0.15, 0.2) is 67.5 Å². The molecular weight excluding hydrogens is 308 g/mol. The van der Waals surface area contributed by atoms with Crippen LogP contribution in [0, 0.1) is 0 Å². The normalized spacial score (nSPS) is 11.1. The van der Waals surface area contributed by atoms with Crippen LogP contribution in [0.1, 0.15) is 17.5 Å². The molecule has 1 aromatic carbocycles. The molecule has 0 aliphatic rings. The van der Waals surface area contributed by atoms with Gasteiger partial charge in [-0.05, 0) is 29.7 Å². The van der Waals surface area contributed by atoms with E-state index in [0.717, 1.165) is 19.5 Å². The van der Waals surface area contributed by atoms with Crippen LogP contribution in [0.4, 0.5) is 5.69 Å². The molecule has 0 unspecified atom stereocenters. The van der Waals surface area contributed by atoms with Gasteiger partial charge in [0.15, 0.2) is 12.4 Å². The lowest BCUT2D eigenvalue weighted by molar-refractivity contribution is -0.671. The van der Waals surface area contributed by atoms with Gasteiger partial charge in [0.05, 0.1) is 6.33 Å². The smallest absolute Gasteiger partial charge is 0.169 e. The van der Waals surface area contributed by atoms with Gasteiger partial charge in [-0.15, -0.1) is 0 Å². The highest BCUT2D eigenvalue weighted by atomic mass is 15.1. The van der Waals surface area contributed by atoms with E-state index in [0.29, 0.717) is 0 Å². The zero-order valence-corrected chi connectivity index (χ0v) is 14.9. The lowest BCUT2D eigenvalue weighted by atomic mass is 10.1. The molecule has 0 N–H and O–H groups in total. The second-order valence-corrected chi connectivity index (χ2v) is 6.30. The molecule has 0 aliphatic heterocycles. The van der Waals surface area contributed by atoms with Crippen molar-refractivity contribution in [3.63, 3.8) is 0 Å². The molecule has 0 spiro atoms. The Bertz CT molecular complexity index is 787. The van der Waals surface area contributed by atoms with E-state index in [1.54, 1.807) is 0 Å². The standard InChI is InChI=1S/C21H25N4/c1-23-15-10-20(11-16-23)5-4-19-6-8-21(9-7-19)24(2)13-3-14-25-17-12-22-18-25/h4-12,15-18H,3,13-14H2,1-2H3/q+1. The van der Waals surface area contributed by atoms with Crippen molar-refractivity contribution in [2.24, 2.45) is 7.05 Å². The molecule has 0 saturated carbocycles. The summed E-state index contributed by atoms with van der Waals surface area (Å²) in [5.41, 5.74) is 3.66. The summed E-state index contributed by atoms with van der Waals surface area (Å²) in [6, 6.07) is 12.9. The van der Waals surface area contributed by atoms with Crippen LogP contribution in [-0.2, 0) is 13.6 Å². The molecule has 0 aliphatic carbocycles. The molecular formula is C21H25N4+. The molecule has 0 fully saturated rings. The second kappa shape index (κ2) is 8.29. The first-order valence-corrected chi connectivity index (χ1v) is 8.61. The number of rotatable bonds is 7. The number of nitrogens with zero attached hydrogens (tertiary/aromatic N) is 4. The zero-order chi connectivity index (χ0) is 17.5. The maximum Gasteiger partial charge on any atom is 0.169 e. The fraction of sp³-hybridized carbons (Fsp3) is 0.238. The van der Waals surface area contributed by atoms with Gasteiger partial charge >= 0.3 is 0 Å². The Morgan fingerprint density at radius 3 is 2.36 bits per heavy atom. The third-order valence-corrected chi connectivity index (χ3v) is 4.28. The minimum atomic E-state index is 1.000. The molecule has 3 rings (SSSR count). The van der Waals surface area contributed by atoms with Crippen LogP contribution in [0.3, 0.4) is 0 Å². The van der Waals surface area contributed by atoms with E-state index in [1.165, 1.54) is 16.8 Å². The molecule has 0 saturated heterocycles. The Morgan fingerprint density at radius 2 is 1.72 bits per heavy atom. The van der Waals surface area contributed by atoms with E-state index in [-0.39, 0.29) is 0 Å². The van der Waals surface area contributed by atoms with E-state index in [1.807, 2.05) is 30.3 Å². The van der Waals surface area contributed by atoms with Crippen molar-refractivity contribution in [2.45, 2.75) is 13.0 Å². The van der Waals surface area contributed by atoms with Crippen molar-refractivity contribution in [1.29, 1.82) is 0 Å². The van der Waals surface area contributed by atoms with E-state index < -0.39 is 0 Å². The summed E-state index contributed by atoms with van der Waals surface area (Å²) in [7, 11) is 4.17. The maximum atomic E-state index is 4.07. The zero-order valence-electron chi connectivity index (χ0n) is 14.9. The SMILES string of the molecule is CN(CCCn1ccnc1)c1ccc(/C=C/c2cc[n+](C)cc2)cc1. The third-order valence-electron chi connectivity index (χ3n) is 4.28. The van der Waals surface area contributed by atoms with Crippen LogP contribution in [0.25, 0.3) is 12.2 Å². The predicted molar refractivity (Wildman–Crippen MR) is 103 cm³/mol. The number of hydrogen-bond acceptors (Lipinski definition) is 2. The summed E-state index contributed by atoms with van der Waals surface area (Å²) in [4.78, 5) is 6.37. The molecule has 3 aromatic rings. The van der Waals surface area contributed by atoms with E-state index in [2.05, 4.69) is 82.4 Å². The van der Waals surface area contributed by atoms with E-state index >= 15 is 0 Å². The van der Waals surface area contributed by atoms with Gasteiger partial charge in [0, 0.05) is 50.4 Å². The summed E-state index contributed by atoms with van der Waals surface area (Å²) in [5.74, 6) is 0. The highest BCUT2D eigenvalue weighted by Crippen LogP contribution is 2.16. The van der Waals surface area contributed by atoms with Crippen molar-refractivity contribution < 1.29 is 4.57 Å². The Morgan fingerprint density at radius 1 is 1.04 bits per heavy atom. The van der Waals surface area contributed by atoms with Gasteiger partial charge in [-0.2, -0.15) is 0 Å². The highest BCUT2D eigenvalue weighted by Gasteiger charge is 2.01. The van der Waals surface area contributed by atoms with Crippen molar-refractivity contribution in [1.82, 2.24) is 9.55 Å². The fourth-order valence-electron chi connectivity index (χ4n) is 2.69. The van der Waals surface area contributed by atoms with Crippen molar-refractivity contribution >= 4 is 17.8 Å². The topological polar surface area (TPSA) is 24.9 Å². The maximum absolute atomic E-state index is 4.07. The lowest BCUT2D eigenvalue weighted by Crippen LogP contribution is -2.25. The minimum absolute atomic E-state index is 1.000. The summed E-state index contributed by atoms with van der Waals surface area (Å²) >= 11 is 0.